The van der Waals surface area contributed by atoms with Gasteiger partial charge in [-0.05, 0) is 52.7 Å². The lowest BCUT2D eigenvalue weighted by atomic mass is 9.93. The summed E-state index contributed by atoms with van der Waals surface area (Å²) in [5, 5.41) is 3.59. The van der Waals surface area contributed by atoms with Gasteiger partial charge in [-0.2, -0.15) is 0 Å². The molecule has 3 unspecified atom stereocenters. The molecule has 2 nitrogen and oxygen atoms in total. The van der Waals surface area contributed by atoms with Crippen LogP contribution in [0.25, 0.3) is 0 Å². The van der Waals surface area contributed by atoms with E-state index in [1.165, 1.54) is 0 Å². The van der Waals surface area contributed by atoms with Crippen LogP contribution in [0.1, 0.15) is 12.8 Å². The van der Waals surface area contributed by atoms with Crippen molar-refractivity contribution in [3.05, 3.63) is 39.8 Å². The summed E-state index contributed by atoms with van der Waals surface area (Å²) >= 11 is 9.41. The molecule has 1 N–H and O–H groups in total. The fraction of sp³-hybridized carbons (Fsp3) is 0.357. The number of carbonyl (C=O) groups excluding carboxylic acids is 1. The quantitative estimate of drug-likeness (QED) is 0.809. The van der Waals surface area contributed by atoms with Crippen molar-refractivity contribution in [2.75, 3.05) is 5.32 Å². The first-order chi connectivity index (χ1) is 8.65. The van der Waals surface area contributed by atoms with Gasteiger partial charge in [0.25, 0.3) is 0 Å². The lowest BCUT2D eigenvalue weighted by Gasteiger charge is -2.18. The molecule has 1 amide bonds. The van der Waals surface area contributed by atoms with E-state index >= 15 is 0 Å². The van der Waals surface area contributed by atoms with Crippen molar-refractivity contribution in [2.45, 2.75) is 12.8 Å². The number of carbonyl (C=O) groups is 1. The molecular formula is C14H13BrClNO. The highest BCUT2D eigenvalue weighted by molar-refractivity contribution is 9.10. The predicted octanol–water partition coefficient (Wildman–Crippen LogP) is 4.25. The third-order valence-corrected chi connectivity index (χ3v) is 5.22. The van der Waals surface area contributed by atoms with Crippen molar-refractivity contribution in [3.63, 3.8) is 0 Å². The smallest absolute Gasteiger partial charge is 0.228 e. The second kappa shape index (κ2) is 4.71. The van der Waals surface area contributed by atoms with E-state index in [0.717, 1.165) is 23.0 Å². The maximum atomic E-state index is 12.3. The Hall–Kier alpha value is -0.800. The van der Waals surface area contributed by atoms with Gasteiger partial charge in [0.15, 0.2) is 0 Å². The number of benzene rings is 1. The Bertz CT molecular complexity index is 529. The topological polar surface area (TPSA) is 29.1 Å². The molecule has 3 atom stereocenters. The number of amides is 1. The molecule has 1 fully saturated rings. The van der Waals surface area contributed by atoms with Crippen LogP contribution in [0, 0.1) is 17.8 Å². The standard InChI is InChI=1S/C14H13BrClNO/c15-13-11(16)2-1-3-12(13)17-14(18)10-7-8-4-5-9(10)6-8/h1-5,8-10H,6-7H2,(H,17,18). The summed E-state index contributed by atoms with van der Waals surface area (Å²) in [6.07, 6.45) is 6.54. The molecule has 1 saturated carbocycles. The molecule has 4 heteroatoms. The lowest BCUT2D eigenvalue weighted by Crippen LogP contribution is -2.26. The molecule has 0 aliphatic heterocycles. The number of fused-ring (bicyclic) bond motifs is 2. The van der Waals surface area contributed by atoms with Gasteiger partial charge in [0.1, 0.15) is 0 Å². The van der Waals surface area contributed by atoms with E-state index in [0.29, 0.717) is 16.9 Å². The molecular weight excluding hydrogens is 314 g/mol. The highest BCUT2D eigenvalue weighted by Crippen LogP contribution is 2.44. The van der Waals surface area contributed by atoms with E-state index in [1.807, 2.05) is 12.1 Å². The maximum absolute atomic E-state index is 12.3. The first-order valence-electron chi connectivity index (χ1n) is 6.08. The number of nitrogens with one attached hydrogen (secondary N) is 1. The van der Waals surface area contributed by atoms with Crippen LogP contribution < -0.4 is 5.32 Å². The average molecular weight is 327 g/mol. The third kappa shape index (κ3) is 2.10. The first kappa shape index (κ1) is 12.2. The van der Waals surface area contributed by atoms with Crippen LogP contribution in [0.2, 0.25) is 5.02 Å². The summed E-state index contributed by atoms with van der Waals surface area (Å²) in [7, 11) is 0. The van der Waals surface area contributed by atoms with Crippen molar-refractivity contribution in [1.29, 1.82) is 0 Å². The second-order valence-corrected chi connectivity index (χ2v) is 6.18. The summed E-state index contributed by atoms with van der Waals surface area (Å²) in [6, 6.07) is 5.49. The SMILES string of the molecule is O=C(Nc1cccc(Cl)c1Br)C1CC2C=CC1C2. The monoisotopic (exact) mass is 325 g/mol. The van der Waals surface area contributed by atoms with Gasteiger partial charge < -0.3 is 5.32 Å². The van der Waals surface area contributed by atoms with Crippen LogP contribution in [0.5, 0.6) is 0 Å². The molecule has 2 aliphatic carbocycles. The molecule has 0 spiro atoms. The van der Waals surface area contributed by atoms with E-state index < -0.39 is 0 Å². The zero-order chi connectivity index (χ0) is 12.7. The van der Waals surface area contributed by atoms with Crippen LogP contribution in [-0.2, 0) is 4.79 Å². The average Bonchev–Trinajstić information content (AvgIpc) is 2.97. The highest BCUT2D eigenvalue weighted by Gasteiger charge is 2.39. The van der Waals surface area contributed by atoms with Gasteiger partial charge in [0.05, 0.1) is 15.2 Å². The van der Waals surface area contributed by atoms with E-state index in [-0.39, 0.29) is 11.8 Å². The van der Waals surface area contributed by atoms with Gasteiger partial charge >= 0.3 is 0 Å². The molecule has 3 rings (SSSR count). The fourth-order valence-corrected chi connectivity index (χ4v) is 3.45. The number of rotatable bonds is 2. The molecule has 2 aliphatic rings. The molecule has 1 aromatic carbocycles. The Morgan fingerprint density at radius 2 is 2.17 bits per heavy atom. The fourth-order valence-electron chi connectivity index (χ4n) is 2.91. The minimum absolute atomic E-state index is 0.106. The minimum atomic E-state index is 0.106. The van der Waals surface area contributed by atoms with Gasteiger partial charge in [-0.1, -0.05) is 29.8 Å². The lowest BCUT2D eigenvalue weighted by molar-refractivity contribution is -0.120. The maximum Gasteiger partial charge on any atom is 0.228 e. The Labute approximate surface area is 120 Å². The Balaban J connectivity index is 1.75. The molecule has 0 saturated heterocycles. The summed E-state index contributed by atoms with van der Waals surface area (Å²) in [6.45, 7) is 0. The van der Waals surface area contributed by atoms with Crippen LogP contribution in [0.15, 0.2) is 34.8 Å². The largest absolute Gasteiger partial charge is 0.325 e. The summed E-state index contributed by atoms with van der Waals surface area (Å²) in [5.74, 6) is 1.25. The van der Waals surface area contributed by atoms with Crippen LogP contribution in [0.4, 0.5) is 5.69 Å². The van der Waals surface area contributed by atoms with Crippen molar-refractivity contribution >= 4 is 39.1 Å². The van der Waals surface area contributed by atoms with E-state index in [4.69, 9.17) is 11.6 Å². The molecule has 0 radical (unpaired) electrons. The number of allylic oxidation sites excluding steroid dienone is 2. The zero-order valence-corrected chi connectivity index (χ0v) is 12.0. The van der Waals surface area contributed by atoms with E-state index in [2.05, 4.69) is 33.4 Å². The van der Waals surface area contributed by atoms with Crippen molar-refractivity contribution < 1.29 is 4.79 Å². The zero-order valence-electron chi connectivity index (χ0n) is 9.70. The van der Waals surface area contributed by atoms with Crippen molar-refractivity contribution in [3.8, 4) is 0 Å². The number of hydrogen-bond acceptors (Lipinski definition) is 1. The highest BCUT2D eigenvalue weighted by atomic mass is 79.9. The third-order valence-electron chi connectivity index (χ3n) is 3.83. The van der Waals surface area contributed by atoms with E-state index in [9.17, 15) is 4.79 Å². The Morgan fingerprint density at radius 3 is 2.83 bits per heavy atom. The molecule has 2 bridgehead atoms. The van der Waals surface area contributed by atoms with E-state index in [1.54, 1.807) is 6.07 Å². The summed E-state index contributed by atoms with van der Waals surface area (Å²) < 4.78 is 0.749. The van der Waals surface area contributed by atoms with Gasteiger partial charge in [-0.25, -0.2) is 0 Å². The van der Waals surface area contributed by atoms with Gasteiger partial charge in [-0.3, -0.25) is 4.79 Å². The number of hydrogen-bond donors (Lipinski definition) is 1. The predicted molar refractivity (Wildman–Crippen MR) is 76.6 cm³/mol. The molecule has 18 heavy (non-hydrogen) atoms. The van der Waals surface area contributed by atoms with Gasteiger partial charge in [0, 0.05) is 5.92 Å². The number of halogens is 2. The molecule has 94 valence electrons. The van der Waals surface area contributed by atoms with Crippen molar-refractivity contribution in [1.82, 2.24) is 0 Å². The normalized spacial score (nSPS) is 28.7. The summed E-state index contributed by atoms with van der Waals surface area (Å²) in [4.78, 5) is 12.3. The molecule has 1 aromatic rings. The minimum Gasteiger partial charge on any atom is -0.325 e. The number of anilines is 1. The second-order valence-electron chi connectivity index (χ2n) is 4.98. The molecule has 0 aromatic heterocycles. The Kier molecular flexibility index (Phi) is 3.20. The van der Waals surface area contributed by atoms with Gasteiger partial charge in [-0.15, -0.1) is 0 Å². The van der Waals surface area contributed by atoms with Crippen molar-refractivity contribution in [2.24, 2.45) is 17.8 Å². The summed E-state index contributed by atoms with van der Waals surface area (Å²) in [5.41, 5.74) is 0.749. The molecule has 0 heterocycles. The van der Waals surface area contributed by atoms with Crippen LogP contribution >= 0.6 is 27.5 Å². The van der Waals surface area contributed by atoms with Crippen LogP contribution in [0.3, 0.4) is 0 Å². The van der Waals surface area contributed by atoms with Gasteiger partial charge in [0.2, 0.25) is 5.91 Å². The Morgan fingerprint density at radius 1 is 1.33 bits per heavy atom. The van der Waals surface area contributed by atoms with Crippen LogP contribution in [-0.4, -0.2) is 5.91 Å². The first-order valence-corrected chi connectivity index (χ1v) is 7.25.